The van der Waals surface area contributed by atoms with Crippen molar-refractivity contribution in [3.63, 3.8) is 0 Å². The standard InChI is InChI=1S/C11H14N2O3/c1-12(2)10(14)7-4-5-9-8(6-7)13(3)11(15)16-9/h4-6,10,14H,1-3H3. The highest BCUT2D eigenvalue weighted by atomic mass is 16.4. The summed E-state index contributed by atoms with van der Waals surface area (Å²) in [7, 11) is 5.20. The Morgan fingerprint density at radius 1 is 1.44 bits per heavy atom. The molecule has 0 saturated heterocycles. The lowest BCUT2D eigenvalue weighted by molar-refractivity contribution is 0.0396. The van der Waals surface area contributed by atoms with Crippen molar-refractivity contribution in [2.24, 2.45) is 7.05 Å². The van der Waals surface area contributed by atoms with Crippen molar-refractivity contribution in [1.29, 1.82) is 0 Å². The summed E-state index contributed by atoms with van der Waals surface area (Å²) in [6.07, 6.45) is -0.686. The molecule has 0 amide bonds. The molecular weight excluding hydrogens is 208 g/mol. The Morgan fingerprint density at radius 3 is 2.75 bits per heavy atom. The summed E-state index contributed by atoms with van der Waals surface area (Å²) in [6, 6.07) is 5.19. The fraction of sp³-hybridized carbons (Fsp3) is 0.364. The monoisotopic (exact) mass is 222 g/mol. The number of oxazole rings is 1. The van der Waals surface area contributed by atoms with Crippen LogP contribution >= 0.6 is 0 Å². The van der Waals surface area contributed by atoms with E-state index < -0.39 is 12.0 Å². The van der Waals surface area contributed by atoms with Gasteiger partial charge < -0.3 is 9.52 Å². The fourth-order valence-electron chi connectivity index (χ4n) is 1.60. The molecule has 1 aromatic carbocycles. The van der Waals surface area contributed by atoms with Crippen LogP contribution in [0.4, 0.5) is 0 Å². The number of aliphatic hydroxyl groups excluding tert-OH is 1. The molecule has 1 atom stereocenters. The second-order valence-corrected chi connectivity index (χ2v) is 3.99. The van der Waals surface area contributed by atoms with Crippen LogP contribution in [-0.4, -0.2) is 28.7 Å². The Hall–Kier alpha value is -1.59. The van der Waals surface area contributed by atoms with Gasteiger partial charge in [-0.1, -0.05) is 6.07 Å². The van der Waals surface area contributed by atoms with Crippen LogP contribution in [0.15, 0.2) is 27.4 Å². The van der Waals surface area contributed by atoms with E-state index in [9.17, 15) is 9.90 Å². The zero-order valence-corrected chi connectivity index (χ0v) is 9.47. The normalized spacial score (nSPS) is 13.6. The van der Waals surface area contributed by atoms with E-state index in [0.29, 0.717) is 11.1 Å². The molecule has 0 aliphatic rings. The van der Waals surface area contributed by atoms with Gasteiger partial charge in [-0.3, -0.25) is 9.47 Å². The Kier molecular flexibility index (Phi) is 2.57. The van der Waals surface area contributed by atoms with Gasteiger partial charge in [0, 0.05) is 7.05 Å². The lowest BCUT2D eigenvalue weighted by Gasteiger charge is -2.18. The second-order valence-electron chi connectivity index (χ2n) is 3.99. The lowest BCUT2D eigenvalue weighted by atomic mass is 10.1. The van der Waals surface area contributed by atoms with Gasteiger partial charge in [0.1, 0.15) is 6.23 Å². The molecule has 0 bridgehead atoms. The first-order valence-corrected chi connectivity index (χ1v) is 4.94. The van der Waals surface area contributed by atoms with Gasteiger partial charge in [-0.05, 0) is 31.8 Å². The number of hydrogen-bond acceptors (Lipinski definition) is 4. The third-order valence-corrected chi connectivity index (χ3v) is 2.60. The minimum Gasteiger partial charge on any atom is -0.408 e. The Morgan fingerprint density at radius 2 is 2.12 bits per heavy atom. The van der Waals surface area contributed by atoms with E-state index in [-0.39, 0.29) is 0 Å². The summed E-state index contributed by atoms with van der Waals surface area (Å²) in [6.45, 7) is 0. The van der Waals surface area contributed by atoms with Gasteiger partial charge in [-0.15, -0.1) is 0 Å². The molecule has 0 fully saturated rings. The van der Waals surface area contributed by atoms with Gasteiger partial charge >= 0.3 is 5.76 Å². The maximum Gasteiger partial charge on any atom is 0.419 e. The molecule has 2 rings (SSSR count). The molecule has 0 radical (unpaired) electrons. The SMILES string of the molecule is CN(C)C(O)c1ccc2oc(=O)n(C)c2c1. The van der Waals surface area contributed by atoms with Crippen molar-refractivity contribution < 1.29 is 9.52 Å². The molecule has 0 saturated carbocycles. The first-order chi connectivity index (χ1) is 7.50. The highest BCUT2D eigenvalue weighted by molar-refractivity contribution is 5.73. The third kappa shape index (κ3) is 1.64. The number of hydrogen-bond donors (Lipinski definition) is 1. The van der Waals surface area contributed by atoms with Gasteiger partial charge in [0.15, 0.2) is 5.58 Å². The predicted octanol–water partition coefficient (Wildman–Crippen LogP) is 0.684. The van der Waals surface area contributed by atoms with Gasteiger partial charge in [0.05, 0.1) is 5.52 Å². The van der Waals surface area contributed by atoms with Crippen LogP contribution in [0.25, 0.3) is 11.1 Å². The maximum atomic E-state index is 11.3. The van der Waals surface area contributed by atoms with Crippen LogP contribution in [-0.2, 0) is 7.05 Å². The summed E-state index contributed by atoms with van der Waals surface area (Å²) in [5, 5.41) is 9.86. The van der Waals surface area contributed by atoms with Crippen LogP contribution in [0.5, 0.6) is 0 Å². The number of benzene rings is 1. The van der Waals surface area contributed by atoms with Crippen molar-refractivity contribution in [2.75, 3.05) is 14.1 Å². The van der Waals surface area contributed by atoms with Crippen molar-refractivity contribution >= 4 is 11.1 Å². The van der Waals surface area contributed by atoms with Crippen LogP contribution in [0.1, 0.15) is 11.8 Å². The topological polar surface area (TPSA) is 58.6 Å². The van der Waals surface area contributed by atoms with E-state index in [1.165, 1.54) is 4.57 Å². The fourth-order valence-corrected chi connectivity index (χ4v) is 1.60. The predicted molar refractivity (Wildman–Crippen MR) is 60.1 cm³/mol. The van der Waals surface area contributed by atoms with E-state index in [4.69, 9.17) is 4.42 Å². The molecule has 1 heterocycles. The summed E-state index contributed by atoms with van der Waals surface area (Å²) in [5.74, 6) is -0.397. The van der Waals surface area contributed by atoms with Crippen molar-refractivity contribution in [3.05, 3.63) is 34.3 Å². The lowest BCUT2D eigenvalue weighted by Crippen LogP contribution is -2.19. The molecule has 1 unspecified atom stereocenters. The van der Waals surface area contributed by atoms with E-state index in [1.807, 2.05) is 0 Å². The van der Waals surface area contributed by atoms with Crippen molar-refractivity contribution in [1.82, 2.24) is 9.47 Å². The summed E-state index contributed by atoms with van der Waals surface area (Å²) in [4.78, 5) is 13.0. The maximum absolute atomic E-state index is 11.3. The molecule has 2 aromatic rings. The number of fused-ring (bicyclic) bond motifs is 1. The molecule has 5 nitrogen and oxygen atoms in total. The Labute approximate surface area is 92.5 Å². The smallest absolute Gasteiger partial charge is 0.408 e. The zero-order chi connectivity index (χ0) is 11.9. The summed E-state index contributed by atoms with van der Waals surface area (Å²) in [5.41, 5.74) is 1.94. The van der Waals surface area contributed by atoms with Crippen LogP contribution in [0.3, 0.4) is 0 Å². The molecule has 5 heteroatoms. The van der Waals surface area contributed by atoms with Crippen molar-refractivity contribution in [3.8, 4) is 0 Å². The molecule has 0 aliphatic carbocycles. The molecule has 16 heavy (non-hydrogen) atoms. The molecule has 1 aromatic heterocycles. The third-order valence-electron chi connectivity index (χ3n) is 2.60. The second kappa shape index (κ2) is 3.77. The zero-order valence-electron chi connectivity index (χ0n) is 9.47. The molecule has 1 N–H and O–H groups in total. The highest BCUT2D eigenvalue weighted by Gasteiger charge is 2.13. The first-order valence-electron chi connectivity index (χ1n) is 4.94. The summed E-state index contributed by atoms with van der Waals surface area (Å²) < 4.78 is 6.42. The Bertz CT molecular complexity index is 568. The average molecular weight is 222 g/mol. The number of aliphatic hydroxyl groups is 1. The quantitative estimate of drug-likeness (QED) is 0.759. The minimum atomic E-state index is -0.686. The van der Waals surface area contributed by atoms with E-state index in [0.717, 1.165) is 5.56 Å². The van der Waals surface area contributed by atoms with Gasteiger partial charge in [0.2, 0.25) is 0 Å². The van der Waals surface area contributed by atoms with Crippen LogP contribution < -0.4 is 5.76 Å². The van der Waals surface area contributed by atoms with Gasteiger partial charge in [-0.2, -0.15) is 0 Å². The number of aromatic nitrogens is 1. The molecule has 86 valence electrons. The number of aryl methyl sites for hydroxylation is 1. The number of rotatable bonds is 2. The van der Waals surface area contributed by atoms with E-state index in [2.05, 4.69) is 0 Å². The first kappa shape index (κ1) is 10.9. The van der Waals surface area contributed by atoms with Crippen molar-refractivity contribution in [2.45, 2.75) is 6.23 Å². The van der Waals surface area contributed by atoms with Crippen LogP contribution in [0.2, 0.25) is 0 Å². The van der Waals surface area contributed by atoms with E-state index in [1.54, 1.807) is 44.2 Å². The molecule has 0 aliphatic heterocycles. The molecular formula is C11H14N2O3. The van der Waals surface area contributed by atoms with Crippen LogP contribution in [0, 0.1) is 0 Å². The van der Waals surface area contributed by atoms with Gasteiger partial charge in [-0.25, -0.2) is 4.79 Å². The molecule has 0 spiro atoms. The Balaban J connectivity index is 2.59. The number of nitrogens with zero attached hydrogens (tertiary/aromatic N) is 2. The largest absolute Gasteiger partial charge is 0.419 e. The van der Waals surface area contributed by atoms with Gasteiger partial charge in [0.25, 0.3) is 0 Å². The van der Waals surface area contributed by atoms with E-state index >= 15 is 0 Å². The average Bonchev–Trinajstić information content (AvgIpc) is 2.53. The highest BCUT2D eigenvalue weighted by Crippen LogP contribution is 2.20. The minimum absolute atomic E-state index is 0.397. The summed E-state index contributed by atoms with van der Waals surface area (Å²) >= 11 is 0.